The highest BCUT2D eigenvalue weighted by Crippen LogP contribution is 2.48. The van der Waals surface area contributed by atoms with E-state index in [9.17, 15) is 40.1 Å². The van der Waals surface area contributed by atoms with Crippen molar-refractivity contribution in [2.45, 2.75) is 167 Å². The van der Waals surface area contributed by atoms with Gasteiger partial charge in [-0.15, -0.1) is 0 Å². The van der Waals surface area contributed by atoms with Crippen LogP contribution >= 0.6 is 0 Å². The van der Waals surface area contributed by atoms with E-state index in [1.807, 2.05) is 31.2 Å². The van der Waals surface area contributed by atoms with Crippen LogP contribution in [0.4, 0.5) is 4.39 Å². The molecule has 2 aromatic rings. The number of hydrogen-bond donors (Lipinski definition) is 13. The predicted octanol–water partition coefficient (Wildman–Crippen LogP) is -3.09. The van der Waals surface area contributed by atoms with Crippen molar-refractivity contribution in [3.05, 3.63) is 71.0 Å². The molecule has 2 aromatic carbocycles. The van der Waals surface area contributed by atoms with Crippen molar-refractivity contribution < 1.29 is 73.3 Å². The van der Waals surface area contributed by atoms with Crippen LogP contribution < -0.4 is 31.9 Å². The van der Waals surface area contributed by atoms with Gasteiger partial charge in [0.2, 0.25) is 24.2 Å². The van der Waals surface area contributed by atoms with Crippen LogP contribution in [-0.4, -0.2) is 204 Å². The highest BCUT2D eigenvalue weighted by molar-refractivity contribution is 5.22. The third-order valence-electron chi connectivity index (χ3n) is 14.7. The number of benzene rings is 2. The molecule has 2 aliphatic carbocycles. The molecule has 376 valence electrons. The molecule has 20 atom stereocenters. The largest absolute Gasteiger partial charge is 0.390 e. The quantitative estimate of drug-likeness (QED) is 0.0587. The Hall–Kier alpha value is -2.43. The first-order chi connectivity index (χ1) is 31.9. The van der Waals surface area contributed by atoms with Gasteiger partial charge in [0, 0.05) is 32.5 Å². The second kappa shape index (κ2) is 20.4. The molecule has 0 bridgehead atoms. The lowest BCUT2D eigenvalue weighted by molar-refractivity contribution is -0.483. The fraction of sp³-hybridized carbons (Fsp3) is 0.739. The molecule has 4 aliphatic heterocycles. The van der Waals surface area contributed by atoms with Crippen molar-refractivity contribution in [1.29, 1.82) is 0 Å². The summed E-state index contributed by atoms with van der Waals surface area (Å²) in [6, 6.07) is 10.3. The van der Waals surface area contributed by atoms with Crippen molar-refractivity contribution in [1.82, 2.24) is 31.9 Å². The van der Waals surface area contributed by atoms with Crippen LogP contribution in [0, 0.1) is 12.7 Å². The van der Waals surface area contributed by atoms with Gasteiger partial charge in [0.15, 0.2) is 0 Å². The molecule has 13 N–H and O–H groups in total. The molecule has 20 nitrogen and oxygen atoms in total. The number of rotatable bonds is 16. The maximum atomic E-state index is 13.6. The third kappa shape index (κ3) is 9.58. The summed E-state index contributed by atoms with van der Waals surface area (Å²) in [5, 5.41) is 103. The van der Waals surface area contributed by atoms with Crippen LogP contribution in [0.5, 0.6) is 0 Å². The van der Waals surface area contributed by atoms with Gasteiger partial charge < -0.3 is 95.5 Å². The predicted molar refractivity (Wildman–Crippen MR) is 236 cm³/mol. The number of nitrogens with one attached hydrogen (secondary N) is 6. The van der Waals surface area contributed by atoms with Gasteiger partial charge in [0.25, 0.3) is 0 Å². The van der Waals surface area contributed by atoms with Crippen molar-refractivity contribution in [3.63, 3.8) is 0 Å². The summed E-state index contributed by atoms with van der Waals surface area (Å²) in [6.45, 7) is 5.62. The van der Waals surface area contributed by atoms with Gasteiger partial charge in [-0.1, -0.05) is 42.0 Å². The molecule has 0 aromatic heterocycles. The molecule has 8 rings (SSSR count). The standard InChI is InChI=1S/C46H71FN6O14/c1-23-7-9-26(10-8-23)15-16-51-20-43(57)17-24(2)63-42-46(43,60)66-37-31(50-6)34(55)30(49-5)36(40(37)65-42)61-22-53-32-33(54)29(48-4)35(56)39-38(32)67-45(59)41(64-39)62-25(3)18-44(45,58)21-52-19-27-11-13-28(47)14-12-27/h7-14,24-25,29-42,48-60H,15-22H2,1-6H3/t24-,25-,29-,30-,31+,32+,33+,34+,35+,36+,37-,38-,39-,40-,41+,42+,43-,44+,45-,46-/m1/s1. The maximum Gasteiger partial charge on any atom is 0.249 e. The van der Waals surface area contributed by atoms with Crippen molar-refractivity contribution in [2.75, 3.05) is 47.5 Å². The van der Waals surface area contributed by atoms with Gasteiger partial charge in [0.05, 0.1) is 55.3 Å². The SMILES string of the molecule is CN[C@@H]1[C@H](O)[C@H](NCO[C@H]2[C@H](NC)[C@H](O)[C@H](NC)[C@H]3O[C@]4(O)[C@H](O[C@@H]32)O[C@H](C)C[C@@]4(O)CNCCc2ccc(C)cc2)[C@H]2O[C@]3(O)[C@H](O[C@@H]2[C@H]1O)O[C@H](C)C[C@]3(O)CNCc1ccc(F)cc1. The number of ether oxygens (including phenoxy) is 7. The van der Waals surface area contributed by atoms with Crippen LogP contribution in [0.25, 0.3) is 0 Å². The highest BCUT2D eigenvalue weighted by Gasteiger charge is 2.70. The molecule has 67 heavy (non-hydrogen) atoms. The number of aliphatic hydroxyl groups is 7. The van der Waals surface area contributed by atoms with E-state index in [-0.39, 0.29) is 39.2 Å². The monoisotopic (exact) mass is 951 g/mol. The highest BCUT2D eigenvalue weighted by atomic mass is 19.1. The fourth-order valence-electron chi connectivity index (χ4n) is 11.1. The van der Waals surface area contributed by atoms with Crippen LogP contribution in [-0.2, 0) is 46.1 Å². The summed E-state index contributed by atoms with van der Waals surface area (Å²) < 4.78 is 58.0. The summed E-state index contributed by atoms with van der Waals surface area (Å²) in [5.41, 5.74) is -0.901. The Balaban J connectivity index is 0.992. The normalized spacial score (nSPS) is 45.1. The summed E-state index contributed by atoms with van der Waals surface area (Å²) in [5.74, 6) is -5.28. The van der Waals surface area contributed by atoms with E-state index in [1.54, 1.807) is 47.1 Å². The first kappa shape index (κ1) is 50.9. The van der Waals surface area contributed by atoms with Gasteiger partial charge in [-0.2, -0.15) is 0 Å². The minimum Gasteiger partial charge on any atom is -0.390 e. The van der Waals surface area contributed by atoms with Crippen LogP contribution in [0.1, 0.15) is 43.4 Å². The minimum absolute atomic E-state index is 0.0128. The zero-order valence-electron chi connectivity index (χ0n) is 38.9. The fourth-order valence-corrected chi connectivity index (χ4v) is 11.1. The molecular formula is C46H71FN6O14. The van der Waals surface area contributed by atoms with E-state index in [0.29, 0.717) is 13.0 Å². The smallest absolute Gasteiger partial charge is 0.249 e. The molecule has 2 saturated carbocycles. The van der Waals surface area contributed by atoms with E-state index >= 15 is 0 Å². The second-order valence-corrected chi connectivity index (χ2v) is 19.4. The molecular weight excluding hydrogens is 880 g/mol. The Morgan fingerprint density at radius 1 is 0.627 bits per heavy atom. The van der Waals surface area contributed by atoms with E-state index in [1.165, 1.54) is 12.1 Å². The van der Waals surface area contributed by atoms with Crippen LogP contribution in [0.15, 0.2) is 48.5 Å². The Kier molecular flexibility index (Phi) is 15.5. The molecule has 21 heteroatoms. The Morgan fingerprint density at radius 2 is 1.15 bits per heavy atom. The van der Waals surface area contributed by atoms with Crippen molar-refractivity contribution in [3.8, 4) is 0 Å². The number of halogens is 1. The zero-order chi connectivity index (χ0) is 48.1. The Morgan fingerprint density at radius 3 is 1.73 bits per heavy atom. The van der Waals surface area contributed by atoms with Crippen LogP contribution in [0.3, 0.4) is 0 Å². The van der Waals surface area contributed by atoms with Gasteiger partial charge in [0.1, 0.15) is 53.6 Å². The summed E-state index contributed by atoms with van der Waals surface area (Å²) in [4.78, 5) is 0. The van der Waals surface area contributed by atoms with E-state index in [0.717, 1.165) is 16.7 Å². The molecule has 4 saturated heterocycles. The zero-order valence-corrected chi connectivity index (χ0v) is 38.9. The van der Waals surface area contributed by atoms with E-state index in [4.69, 9.17) is 33.2 Å². The molecule has 6 fully saturated rings. The van der Waals surface area contributed by atoms with Gasteiger partial charge >= 0.3 is 0 Å². The number of hydrogen-bond acceptors (Lipinski definition) is 20. The first-order valence-corrected chi connectivity index (χ1v) is 23.4. The van der Waals surface area contributed by atoms with Crippen molar-refractivity contribution in [2.24, 2.45) is 0 Å². The molecule has 0 spiro atoms. The summed E-state index contributed by atoms with van der Waals surface area (Å²) in [7, 11) is 4.84. The number of aliphatic hydroxyl groups excluding tert-OH is 3. The lowest BCUT2D eigenvalue weighted by Gasteiger charge is -2.61. The third-order valence-corrected chi connectivity index (χ3v) is 14.7. The summed E-state index contributed by atoms with van der Waals surface area (Å²) in [6.07, 6.45) is -13.2. The summed E-state index contributed by atoms with van der Waals surface area (Å²) >= 11 is 0. The Bertz CT molecular complexity index is 1950. The molecule has 4 heterocycles. The molecule has 0 radical (unpaired) electrons. The average molecular weight is 951 g/mol. The average Bonchev–Trinajstić information content (AvgIpc) is 3.28. The topological polar surface area (TPSA) is 278 Å². The van der Waals surface area contributed by atoms with E-state index < -0.39 is 126 Å². The number of aryl methyl sites for hydroxylation is 1. The van der Waals surface area contributed by atoms with Crippen LogP contribution in [0.2, 0.25) is 0 Å². The lowest BCUT2D eigenvalue weighted by atomic mass is 9.77. The number of likely N-dealkylation sites (N-methyl/N-ethyl adjacent to an activating group) is 3. The molecule has 6 aliphatic rings. The van der Waals surface area contributed by atoms with Gasteiger partial charge in [-0.05, 0) is 78.1 Å². The van der Waals surface area contributed by atoms with E-state index in [2.05, 4.69) is 31.9 Å². The first-order valence-electron chi connectivity index (χ1n) is 23.4. The Labute approximate surface area is 390 Å². The second-order valence-electron chi connectivity index (χ2n) is 19.4. The van der Waals surface area contributed by atoms with Gasteiger partial charge in [-0.25, -0.2) is 4.39 Å². The van der Waals surface area contributed by atoms with Gasteiger partial charge in [-0.3, -0.25) is 5.32 Å². The number of fused-ring (bicyclic) bond motifs is 4. The molecule has 0 unspecified atom stereocenters. The minimum atomic E-state index is -2.51. The van der Waals surface area contributed by atoms with Crippen molar-refractivity contribution >= 4 is 0 Å². The lowest BCUT2D eigenvalue weighted by Crippen LogP contribution is -2.82. The molecule has 0 amide bonds. The maximum absolute atomic E-state index is 13.6.